The van der Waals surface area contributed by atoms with Gasteiger partial charge in [-0.15, -0.1) is 28.1 Å². The van der Waals surface area contributed by atoms with Crippen molar-refractivity contribution in [3.05, 3.63) is 0 Å². The minimum atomic E-state index is 0. The Labute approximate surface area is 377 Å². The van der Waals surface area contributed by atoms with Crippen molar-refractivity contribution < 1.29 is 80.8 Å². The van der Waals surface area contributed by atoms with E-state index in [9.17, 15) is 0 Å². The standard InChI is InChI=1S/C4H10S.C3H8S2.2C3H6S2.C3H6S.C2H4S2.10CH4.2Pm/c1-4(2)5-3;3*1-3(4)5-2;1-3(2)4;1-2(3)4;;;;;;;;;;;;/h4H,1-3H3;3-4H,1-2H3;2*1-2H3;1-2H3;1H3,(H,3,4);10*1H4;;/p-2. The van der Waals surface area contributed by atoms with Crippen molar-refractivity contribution in [3.63, 3.8) is 0 Å². The van der Waals surface area contributed by atoms with E-state index in [1.807, 2.05) is 65.1 Å². The van der Waals surface area contributed by atoms with E-state index >= 15 is 0 Å². The third-order valence-corrected chi connectivity index (χ3v) is 5.71. The van der Waals surface area contributed by atoms with Crippen molar-refractivity contribution in [2.75, 3.05) is 25.0 Å². The van der Waals surface area contributed by atoms with Crippen molar-refractivity contribution in [1.82, 2.24) is 0 Å². The summed E-state index contributed by atoms with van der Waals surface area (Å²) in [5, 5.41) is 0.801. The fraction of sp³-hybridized carbons (Fsp3) is 0.857. The van der Waals surface area contributed by atoms with E-state index < -0.39 is 0 Å². The van der Waals surface area contributed by atoms with Crippen LogP contribution in [0.2, 0.25) is 0 Å². The Bertz CT molecular complexity index is 327. The average Bonchev–Trinajstić information content (AvgIpc) is 2.55. The molecule has 0 rings (SSSR count). The first-order valence-electron chi connectivity index (χ1n) is 8.00. The molecule has 0 saturated heterocycles. The smallest absolute Gasteiger partial charge is 0.0444 e. The molecule has 0 aliphatic heterocycles. The van der Waals surface area contributed by atoms with E-state index in [4.69, 9.17) is 12.6 Å². The molecule has 0 aliphatic carbocycles. The molecule has 0 aromatic carbocycles. The molecular formula is C28H78Pm2S10-2. The summed E-state index contributed by atoms with van der Waals surface area (Å²) >= 11 is 34.1. The third-order valence-electron chi connectivity index (χ3n) is 1.38. The summed E-state index contributed by atoms with van der Waals surface area (Å²) in [5.74, 6) is 0. The maximum absolute atomic E-state index is 4.74. The number of thioether (sulfide) groups is 4. The molecule has 0 amide bonds. The molecule has 0 N–H and O–H groups in total. The zero-order chi connectivity index (χ0) is 24.3. The first-order chi connectivity index (χ1) is 12.5. The van der Waals surface area contributed by atoms with Gasteiger partial charge in [0.25, 0.3) is 0 Å². The van der Waals surface area contributed by atoms with Crippen molar-refractivity contribution in [1.29, 1.82) is 0 Å². The van der Waals surface area contributed by atoms with Crippen LogP contribution in [-0.4, -0.2) is 52.3 Å². The summed E-state index contributed by atoms with van der Waals surface area (Å²) < 4.78 is 2.98. The number of hydrogen-bond donors (Lipinski definition) is 0. The Morgan fingerprint density at radius 3 is 0.600 bits per heavy atom. The van der Waals surface area contributed by atoms with Gasteiger partial charge in [0.2, 0.25) is 0 Å². The van der Waals surface area contributed by atoms with Crippen LogP contribution in [0.4, 0.5) is 0 Å². The van der Waals surface area contributed by atoms with E-state index in [1.54, 1.807) is 42.2 Å². The Morgan fingerprint density at radius 2 is 0.600 bits per heavy atom. The van der Waals surface area contributed by atoms with E-state index in [-0.39, 0.29) is 155 Å². The van der Waals surface area contributed by atoms with Crippen molar-refractivity contribution in [2.45, 2.75) is 139 Å². The van der Waals surface area contributed by atoms with E-state index in [0.717, 1.165) is 18.5 Å². The van der Waals surface area contributed by atoms with Crippen LogP contribution in [0.5, 0.6) is 0 Å². The molecule has 0 aromatic rings. The van der Waals surface area contributed by atoms with Crippen LogP contribution in [0.25, 0.3) is 0 Å². The fourth-order valence-electron chi connectivity index (χ4n) is 0. The Kier molecular flexibility index (Phi) is 333. The first kappa shape index (κ1) is 120. The molecule has 0 aromatic heterocycles. The van der Waals surface area contributed by atoms with Crippen LogP contribution in [0, 0.1) is 80.8 Å². The summed E-state index contributed by atoms with van der Waals surface area (Å²) in [6.45, 7) is 15.7. The SMILES string of the molecule is C.C.C.C.C.C.C.C.C.C.CC(=S)[S-].CC(C)=S.CSC(C)=S.CSC(C)=S.CSC(C)C.CSC(C)[S-].[Pm].[Pm]. The van der Waals surface area contributed by atoms with Gasteiger partial charge in [-0.25, -0.2) is 0 Å². The van der Waals surface area contributed by atoms with Gasteiger partial charge in [0, 0.05) is 89.2 Å². The quantitative estimate of drug-likeness (QED) is 0.193. The number of rotatable bonds is 2. The maximum atomic E-state index is 4.74. The van der Waals surface area contributed by atoms with Gasteiger partial charge in [0.15, 0.2) is 0 Å². The van der Waals surface area contributed by atoms with Gasteiger partial charge in [-0.2, -0.15) is 27.7 Å². The minimum Gasteiger partial charge on any atom is -0.779 e. The topological polar surface area (TPSA) is 0 Å². The summed E-state index contributed by atoms with van der Waals surface area (Å²) in [5.41, 5.74) is 0. The molecule has 0 nitrogen and oxygen atoms in total. The molecule has 0 spiro atoms. The number of hydrogen-bond acceptors (Lipinski definition) is 10. The molecule has 0 aliphatic rings. The molecule has 0 saturated carbocycles. The van der Waals surface area contributed by atoms with Gasteiger partial charge >= 0.3 is 0 Å². The normalized spacial score (nSPS) is 6.25. The fourth-order valence-corrected chi connectivity index (χ4v) is 0. The molecule has 0 fully saturated rings. The third kappa shape index (κ3) is 449. The minimum absolute atomic E-state index is 0. The zero-order valence-corrected chi connectivity index (χ0v) is 34.0. The van der Waals surface area contributed by atoms with Crippen LogP contribution < -0.4 is 0 Å². The Balaban J connectivity index is -0.00000000858. The molecule has 12 heteroatoms. The van der Waals surface area contributed by atoms with Crippen molar-refractivity contribution in [2.24, 2.45) is 0 Å². The molecular weight excluding hydrogens is 947 g/mol. The van der Waals surface area contributed by atoms with Crippen LogP contribution >= 0.6 is 95.9 Å². The molecule has 1 atom stereocenters. The van der Waals surface area contributed by atoms with E-state index in [2.05, 4.69) is 81.6 Å². The molecule has 1 unspecified atom stereocenters. The van der Waals surface area contributed by atoms with Gasteiger partial charge in [-0.05, 0) is 62.8 Å². The van der Waals surface area contributed by atoms with Crippen LogP contribution in [0.1, 0.15) is 130 Å². The second-order valence-electron chi connectivity index (χ2n) is 4.88. The zero-order valence-electron chi connectivity index (χ0n) is 20.1. The maximum Gasteiger partial charge on any atom is 0.0444 e. The summed E-state index contributed by atoms with van der Waals surface area (Å²) in [6.07, 6.45) is 8.08. The van der Waals surface area contributed by atoms with E-state index in [1.165, 1.54) is 0 Å². The molecule has 0 bridgehead atoms. The molecule has 0 heterocycles. The predicted molar refractivity (Wildman–Crippen MR) is 239 cm³/mol. The van der Waals surface area contributed by atoms with Crippen molar-refractivity contribution in [3.8, 4) is 0 Å². The summed E-state index contributed by atoms with van der Waals surface area (Å²) in [7, 11) is 0. The molecule has 262 valence electrons. The first-order valence-corrected chi connectivity index (χ1v) is 15.5. The van der Waals surface area contributed by atoms with Gasteiger partial charge in [-0.3, -0.25) is 0 Å². The summed E-state index contributed by atoms with van der Waals surface area (Å²) in [4.78, 5) is 1.00. The second-order valence-corrected chi connectivity index (χ2v) is 14.6. The van der Waals surface area contributed by atoms with Crippen LogP contribution in [0.15, 0.2) is 0 Å². The Hall–Kier alpha value is 5.01. The van der Waals surface area contributed by atoms with E-state index in [0.29, 0.717) is 8.78 Å². The largest absolute Gasteiger partial charge is 0.779 e. The molecule has 2 radical (unpaired) electrons. The monoisotopic (exact) mass is 1020 g/mol. The van der Waals surface area contributed by atoms with Gasteiger partial charge in [0.1, 0.15) is 0 Å². The average molecular weight is 1030 g/mol. The van der Waals surface area contributed by atoms with Crippen LogP contribution in [-0.2, 0) is 25.3 Å². The molecule has 40 heavy (non-hydrogen) atoms. The van der Waals surface area contributed by atoms with Gasteiger partial charge < -0.3 is 37.5 Å². The summed E-state index contributed by atoms with van der Waals surface area (Å²) in [6, 6.07) is 0. The predicted octanol–water partition coefficient (Wildman–Crippen LogP) is 15.0. The second kappa shape index (κ2) is 112. The number of thiocarbonyl (C=S) groups is 4. The van der Waals surface area contributed by atoms with Gasteiger partial charge in [-0.1, -0.05) is 139 Å². The Morgan fingerprint density at radius 1 is 0.525 bits per heavy atom. The van der Waals surface area contributed by atoms with Crippen LogP contribution in [0.3, 0.4) is 0 Å². The van der Waals surface area contributed by atoms with Crippen molar-refractivity contribution >= 4 is 139 Å². The van der Waals surface area contributed by atoms with Gasteiger partial charge in [0.05, 0.1) is 0 Å².